The molecule has 2 aromatic rings. The molecule has 3 heteroatoms. The van der Waals surface area contributed by atoms with Gasteiger partial charge in [0.2, 0.25) is 0 Å². The first-order valence-electron chi connectivity index (χ1n) is 6.09. The lowest BCUT2D eigenvalue weighted by molar-refractivity contribution is 0.575. The van der Waals surface area contributed by atoms with Crippen molar-refractivity contribution in [2.24, 2.45) is 0 Å². The van der Waals surface area contributed by atoms with Gasteiger partial charge < -0.3 is 5.32 Å². The van der Waals surface area contributed by atoms with E-state index in [1.165, 1.54) is 16.7 Å². The van der Waals surface area contributed by atoms with Crippen LogP contribution >= 0.6 is 0 Å². The van der Waals surface area contributed by atoms with Crippen LogP contribution < -0.4 is 5.32 Å². The minimum atomic E-state index is 0.319. The zero-order chi connectivity index (χ0) is 12.1. The van der Waals surface area contributed by atoms with Gasteiger partial charge in [-0.05, 0) is 24.5 Å². The highest BCUT2D eigenvalue weighted by molar-refractivity contribution is 5.22. The number of aromatic nitrogens is 2. The Bertz CT molecular complexity index is 431. The van der Waals surface area contributed by atoms with Gasteiger partial charge in [-0.2, -0.15) is 5.10 Å². The van der Waals surface area contributed by atoms with E-state index in [1.54, 1.807) is 0 Å². The van der Waals surface area contributed by atoms with Crippen LogP contribution in [0, 0.1) is 0 Å². The van der Waals surface area contributed by atoms with E-state index in [-0.39, 0.29) is 0 Å². The fourth-order valence-corrected chi connectivity index (χ4v) is 1.78. The van der Waals surface area contributed by atoms with Crippen molar-refractivity contribution in [2.45, 2.75) is 32.9 Å². The van der Waals surface area contributed by atoms with Crippen LogP contribution in [-0.2, 0) is 13.0 Å². The first-order valence-corrected chi connectivity index (χ1v) is 6.09. The monoisotopic (exact) mass is 229 g/mol. The summed E-state index contributed by atoms with van der Waals surface area (Å²) in [5.41, 5.74) is 3.89. The minimum absolute atomic E-state index is 0.319. The van der Waals surface area contributed by atoms with Gasteiger partial charge >= 0.3 is 0 Å². The maximum Gasteiger partial charge on any atom is 0.0534 e. The third-order valence-corrected chi connectivity index (χ3v) is 3.06. The summed E-state index contributed by atoms with van der Waals surface area (Å²) in [6, 6.07) is 9.08. The lowest BCUT2D eigenvalue weighted by Crippen LogP contribution is -2.17. The van der Waals surface area contributed by atoms with Gasteiger partial charge in [0, 0.05) is 24.3 Å². The van der Waals surface area contributed by atoms with Crippen LogP contribution in [-0.4, -0.2) is 10.2 Å². The molecule has 0 fully saturated rings. The van der Waals surface area contributed by atoms with E-state index >= 15 is 0 Å². The second kappa shape index (κ2) is 5.64. The average molecular weight is 229 g/mol. The lowest BCUT2D eigenvalue weighted by Gasteiger charge is -2.12. The van der Waals surface area contributed by atoms with Gasteiger partial charge in [0.15, 0.2) is 0 Å². The van der Waals surface area contributed by atoms with Gasteiger partial charge in [-0.1, -0.05) is 31.2 Å². The Labute approximate surface area is 102 Å². The summed E-state index contributed by atoms with van der Waals surface area (Å²) in [5.74, 6) is 0. The Hall–Kier alpha value is -1.61. The number of H-pyrrole nitrogens is 1. The molecule has 0 spiro atoms. The van der Waals surface area contributed by atoms with Crippen molar-refractivity contribution < 1.29 is 0 Å². The van der Waals surface area contributed by atoms with Crippen molar-refractivity contribution in [3.63, 3.8) is 0 Å². The maximum absolute atomic E-state index is 3.96. The van der Waals surface area contributed by atoms with Crippen molar-refractivity contribution in [1.29, 1.82) is 0 Å². The molecule has 1 unspecified atom stereocenters. The molecule has 1 aromatic heterocycles. The van der Waals surface area contributed by atoms with Crippen molar-refractivity contribution in [3.05, 3.63) is 53.3 Å². The highest BCUT2D eigenvalue weighted by Crippen LogP contribution is 2.11. The maximum atomic E-state index is 3.96. The zero-order valence-electron chi connectivity index (χ0n) is 10.4. The standard InChI is InChI=1S/C14H19N3/c1-3-12-4-6-13(7-5-12)8-15-11(2)14-9-16-17-10-14/h4-7,9-11,15H,3,8H2,1-2H3,(H,16,17). The minimum Gasteiger partial charge on any atom is -0.306 e. The van der Waals surface area contributed by atoms with Gasteiger partial charge in [0.25, 0.3) is 0 Å². The molecular formula is C14H19N3. The topological polar surface area (TPSA) is 40.7 Å². The summed E-state index contributed by atoms with van der Waals surface area (Å²) in [5, 5.41) is 10.3. The molecular weight excluding hydrogens is 210 g/mol. The van der Waals surface area contributed by atoms with Crippen LogP contribution in [0.25, 0.3) is 0 Å². The number of aromatic amines is 1. The second-order valence-electron chi connectivity index (χ2n) is 4.30. The van der Waals surface area contributed by atoms with Crippen LogP contribution in [0.3, 0.4) is 0 Å². The molecule has 2 rings (SSSR count). The predicted molar refractivity (Wildman–Crippen MR) is 69.7 cm³/mol. The third kappa shape index (κ3) is 3.17. The van der Waals surface area contributed by atoms with Crippen molar-refractivity contribution in [2.75, 3.05) is 0 Å². The molecule has 0 aliphatic rings. The number of nitrogens with one attached hydrogen (secondary N) is 2. The molecule has 0 saturated heterocycles. The molecule has 0 aliphatic carbocycles. The average Bonchev–Trinajstić information content (AvgIpc) is 2.90. The van der Waals surface area contributed by atoms with Crippen molar-refractivity contribution >= 4 is 0 Å². The molecule has 1 atom stereocenters. The number of hydrogen-bond donors (Lipinski definition) is 2. The molecule has 1 aromatic carbocycles. The summed E-state index contributed by atoms with van der Waals surface area (Å²) in [6.45, 7) is 5.20. The lowest BCUT2D eigenvalue weighted by atomic mass is 10.1. The van der Waals surface area contributed by atoms with Crippen molar-refractivity contribution in [3.8, 4) is 0 Å². The van der Waals surface area contributed by atoms with E-state index in [1.807, 2.05) is 12.4 Å². The highest BCUT2D eigenvalue weighted by Gasteiger charge is 2.05. The van der Waals surface area contributed by atoms with E-state index in [0.717, 1.165) is 13.0 Å². The van der Waals surface area contributed by atoms with Crippen LogP contribution in [0.2, 0.25) is 0 Å². The van der Waals surface area contributed by atoms with E-state index in [2.05, 4.69) is 53.6 Å². The smallest absolute Gasteiger partial charge is 0.0534 e. The molecule has 0 aliphatic heterocycles. The Kier molecular flexibility index (Phi) is 3.94. The van der Waals surface area contributed by atoms with Gasteiger partial charge in [-0.3, -0.25) is 5.10 Å². The molecule has 90 valence electrons. The largest absolute Gasteiger partial charge is 0.306 e. The van der Waals surface area contributed by atoms with Gasteiger partial charge in [0.05, 0.1) is 6.20 Å². The SMILES string of the molecule is CCc1ccc(CNC(C)c2cn[nH]c2)cc1. The number of benzene rings is 1. The Morgan fingerprint density at radius 3 is 2.53 bits per heavy atom. The quantitative estimate of drug-likeness (QED) is 0.827. The fraction of sp³-hybridized carbons (Fsp3) is 0.357. The van der Waals surface area contributed by atoms with Crippen LogP contribution in [0.15, 0.2) is 36.7 Å². The Balaban J connectivity index is 1.89. The molecule has 3 nitrogen and oxygen atoms in total. The predicted octanol–water partition coefficient (Wildman–Crippen LogP) is 2.82. The number of nitrogens with zero attached hydrogens (tertiary/aromatic N) is 1. The normalized spacial score (nSPS) is 12.6. The van der Waals surface area contributed by atoms with Gasteiger partial charge in [-0.25, -0.2) is 0 Å². The first-order chi connectivity index (χ1) is 8.29. The molecule has 1 heterocycles. The van der Waals surface area contributed by atoms with Crippen LogP contribution in [0.1, 0.15) is 36.6 Å². The Morgan fingerprint density at radius 2 is 1.94 bits per heavy atom. The first kappa shape index (κ1) is 11.9. The third-order valence-electron chi connectivity index (χ3n) is 3.06. The van der Waals surface area contributed by atoms with Crippen LogP contribution in [0.4, 0.5) is 0 Å². The number of aryl methyl sites for hydroxylation is 1. The number of rotatable bonds is 5. The summed E-state index contributed by atoms with van der Waals surface area (Å²) in [7, 11) is 0. The summed E-state index contributed by atoms with van der Waals surface area (Å²) in [4.78, 5) is 0. The molecule has 17 heavy (non-hydrogen) atoms. The second-order valence-corrected chi connectivity index (χ2v) is 4.30. The fourth-order valence-electron chi connectivity index (χ4n) is 1.78. The van der Waals surface area contributed by atoms with E-state index in [9.17, 15) is 0 Å². The van der Waals surface area contributed by atoms with E-state index < -0.39 is 0 Å². The molecule has 0 bridgehead atoms. The molecule has 0 saturated carbocycles. The summed E-state index contributed by atoms with van der Waals surface area (Å²) < 4.78 is 0. The van der Waals surface area contributed by atoms with E-state index in [0.29, 0.717) is 6.04 Å². The van der Waals surface area contributed by atoms with E-state index in [4.69, 9.17) is 0 Å². The number of hydrogen-bond acceptors (Lipinski definition) is 2. The Morgan fingerprint density at radius 1 is 1.24 bits per heavy atom. The molecule has 0 amide bonds. The van der Waals surface area contributed by atoms with Crippen LogP contribution in [0.5, 0.6) is 0 Å². The summed E-state index contributed by atoms with van der Waals surface area (Å²) in [6.07, 6.45) is 4.88. The zero-order valence-corrected chi connectivity index (χ0v) is 10.4. The van der Waals surface area contributed by atoms with Gasteiger partial charge in [-0.15, -0.1) is 0 Å². The van der Waals surface area contributed by atoms with Gasteiger partial charge in [0.1, 0.15) is 0 Å². The highest BCUT2D eigenvalue weighted by atomic mass is 15.1. The summed E-state index contributed by atoms with van der Waals surface area (Å²) >= 11 is 0. The molecule has 2 N–H and O–H groups in total. The van der Waals surface area contributed by atoms with Crippen molar-refractivity contribution in [1.82, 2.24) is 15.5 Å². The molecule has 0 radical (unpaired) electrons.